The van der Waals surface area contributed by atoms with Crippen molar-refractivity contribution in [2.75, 3.05) is 13.7 Å². The molecule has 0 amide bonds. The second kappa shape index (κ2) is 6.89. The van der Waals surface area contributed by atoms with Gasteiger partial charge in [0.15, 0.2) is 11.5 Å². The molecule has 1 aromatic carbocycles. The summed E-state index contributed by atoms with van der Waals surface area (Å²) in [4.78, 5) is 0. The van der Waals surface area contributed by atoms with Gasteiger partial charge in [-0.25, -0.2) is 0 Å². The van der Waals surface area contributed by atoms with Crippen LogP contribution in [0.5, 0.6) is 11.5 Å². The number of ether oxygens (including phenoxy) is 2. The zero-order valence-corrected chi connectivity index (χ0v) is 14.2. The van der Waals surface area contributed by atoms with Crippen LogP contribution in [-0.4, -0.2) is 19.3 Å². The van der Waals surface area contributed by atoms with Gasteiger partial charge in [-0.3, -0.25) is 0 Å². The van der Waals surface area contributed by atoms with Crippen LogP contribution in [-0.2, 0) is 6.54 Å². The van der Waals surface area contributed by atoms with Crippen molar-refractivity contribution in [1.29, 1.82) is 0 Å². The number of hydrogen-bond acceptors (Lipinski definition) is 3. The lowest BCUT2D eigenvalue weighted by Crippen LogP contribution is -2.35. The first-order chi connectivity index (χ1) is 9.89. The van der Waals surface area contributed by atoms with Gasteiger partial charge in [-0.1, -0.05) is 24.4 Å². The summed E-state index contributed by atoms with van der Waals surface area (Å²) in [5.74, 6) is 2.23. The van der Waals surface area contributed by atoms with Crippen molar-refractivity contribution in [3.8, 4) is 11.5 Å². The Balaban J connectivity index is 2.02. The first kappa shape index (κ1) is 16.4. The second-order valence-corrected chi connectivity index (χ2v) is 7.20. The maximum Gasteiger partial charge on any atom is 0.179 e. The highest BCUT2D eigenvalue weighted by Crippen LogP contribution is 2.38. The molecule has 1 aliphatic rings. The van der Waals surface area contributed by atoms with E-state index in [0.717, 1.165) is 24.4 Å². The number of nitrogens with one attached hydrogen (secondary N) is 1. The lowest BCUT2D eigenvalue weighted by molar-refractivity contribution is 0.283. The normalized spacial score (nSPS) is 15.1. The zero-order valence-electron chi connectivity index (χ0n) is 13.5. The molecule has 0 heterocycles. The van der Waals surface area contributed by atoms with Gasteiger partial charge in [-0.15, -0.1) is 0 Å². The van der Waals surface area contributed by atoms with E-state index in [0.29, 0.717) is 23.1 Å². The predicted octanol–water partition coefficient (Wildman–Crippen LogP) is 4.42. The highest BCUT2D eigenvalue weighted by atomic mass is 35.5. The largest absolute Gasteiger partial charge is 0.493 e. The number of hydrogen-bond donors (Lipinski definition) is 1. The van der Waals surface area contributed by atoms with Gasteiger partial charge in [0.2, 0.25) is 0 Å². The first-order valence-electron chi connectivity index (χ1n) is 7.63. The Morgan fingerprint density at radius 3 is 2.57 bits per heavy atom. The van der Waals surface area contributed by atoms with Crippen LogP contribution in [0, 0.1) is 5.92 Å². The van der Waals surface area contributed by atoms with Crippen molar-refractivity contribution in [2.45, 2.75) is 52.1 Å². The monoisotopic (exact) mass is 311 g/mol. The molecule has 4 heteroatoms. The van der Waals surface area contributed by atoms with E-state index >= 15 is 0 Å². The van der Waals surface area contributed by atoms with Crippen LogP contribution in [0.15, 0.2) is 12.1 Å². The van der Waals surface area contributed by atoms with Gasteiger partial charge < -0.3 is 14.8 Å². The van der Waals surface area contributed by atoms with Crippen LogP contribution in [0.25, 0.3) is 0 Å². The van der Waals surface area contributed by atoms with Crippen LogP contribution in [0.2, 0.25) is 5.02 Å². The van der Waals surface area contributed by atoms with E-state index in [1.165, 1.54) is 12.8 Å². The molecule has 1 aromatic rings. The quantitative estimate of drug-likeness (QED) is 0.808. The standard InChI is InChI=1S/C17H26ClNO2/c1-17(2,3)19-11-13-9-14(18)16(15(10-13)20-4)21-8-7-12-5-6-12/h9-10,12,19H,5-8,11H2,1-4H3. The summed E-state index contributed by atoms with van der Waals surface area (Å²) in [6.45, 7) is 7.88. The fourth-order valence-electron chi connectivity index (χ4n) is 2.12. The maximum absolute atomic E-state index is 6.36. The summed E-state index contributed by atoms with van der Waals surface area (Å²) in [5, 5.41) is 4.07. The van der Waals surface area contributed by atoms with E-state index in [9.17, 15) is 0 Å². The molecule has 21 heavy (non-hydrogen) atoms. The van der Waals surface area contributed by atoms with Crippen molar-refractivity contribution in [3.05, 3.63) is 22.7 Å². The van der Waals surface area contributed by atoms with Crippen LogP contribution >= 0.6 is 11.6 Å². The fraction of sp³-hybridized carbons (Fsp3) is 0.647. The topological polar surface area (TPSA) is 30.5 Å². The van der Waals surface area contributed by atoms with E-state index in [-0.39, 0.29) is 5.54 Å². The Hall–Kier alpha value is -0.930. The maximum atomic E-state index is 6.36. The molecule has 0 unspecified atom stereocenters. The van der Waals surface area contributed by atoms with Crippen LogP contribution < -0.4 is 14.8 Å². The zero-order chi connectivity index (χ0) is 15.5. The van der Waals surface area contributed by atoms with Crippen LogP contribution in [0.1, 0.15) is 45.6 Å². The molecule has 0 saturated heterocycles. The SMILES string of the molecule is COc1cc(CNC(C)(C)C)cc(Cl)c1OCCC1CC1. The third-order valence-electron chi connectivity index (χ3n) is 3.58. The minimum Gasteiger partial charge on any atom is -0.493 e. The molecule has 0 atom stereocenters. The number of halogens is 1. The summed E-state index contributed by atoms with van der Waals surface area (Å²) in [7, 11) is 1.65. The highest BCUT2D eigenvalue weighted by molar-refractivity contribution is 6.32. The average molecular weight is 312 g/mol. The van der Waals surface area contributed by atoms with Gasteiger partial charge in [0.25, 0.3) is 0 Å². The first-order valence-corrected chi connectivity index (χ1v) is 8.01. The van der Waals surface area contributed by atoms with E-state index < -0.39 is 0 Å². The van der Waals surface area contributed by atoms with Crippen molar-refractivity contribution < 1.29 is 9.47 Å². The fourth-order valence-corrected chi connectivity index (χ4v) is 2.40. The molecule has 0 radical (unpaired) electrons. The molecule has 0 spiro atoms. The predicted molar refractivity (Wildman–Crippen MR) is 87.4 cm³/mol. The Labute approximate surface area is 133 Å². The van der Waals surface area contributed by atoms with Crippen molar-refractivity contribution in [1.82, 2.24) is 5.32 Å². The highest BCUT2D eigenvalue weighted by Gasteiger charge is 2.21. The van der Waals surface area contributed by atoms with Gasteiger partial charge in [0, 0.05) is 12.1 Å². The second-order valence-electron chi connectivity index (χ2n) is 6.79. The molecule has 118 valence electrons. The Morgan fingerprint density at radius 1 is 1.29 bits per heavy atom. The number of methoxy groups -OCH3 is 1. The third kappa shape index (κ3) is 5.40. The summed E-state index contributed by atoms with van der Waals surface area (Å²) in [6.07, 6.45) is 3.78. The van der Waals surface area contributed by atoms with Gasteiger partial charge in [-0.2, -0.15) is 0 Å². The van der Waals surface area contributed by atoms with E-state index in [1.807, 2.05) is 12.1 Å². The van der Waals surface area contributed by atoms with Gasteiger partial charge in [0.05, 0.1) is 18.7 Å². The lowest BCUT2D eigenvalue weighted by Gasteiger charge is -2.21. The molecular formula is C17H26ClNO2. The molecule has 0 aromatic heterocycles. The summed E-state index contributed by atoms with van der Waals surface area (Å²) in [6, 6.07) is 3.95. The van der Waals surface area contributed by atoms with Crippen molar-refractivity contribution in [3.63, 3.8) is 0 Å². The van der Waals surface area contributed by atoms with E-state index in [2.05, 4.69) is 26.1 Å². The average Bonchev–Trinajstić information content (AvgIpc) is 3.21. The molecule has 1 N–H and O–H groups in total. The summed E-state index contributed by atoms with van der Waals surface area (Å²) < 4.78 is 11.3. The van der Waals surface area contributed by atoms with Gasteiger partial charge in [0.1, 0.15) is 0 Å². The van der Waals surface area contributed by atoms with E-state index in [4.69, 9.17) is 21.1 Å². The molecule has 2 rings (SSSR count). The van der Waals surface area contributed by atoms with E-state index in [1.54, 1.807) is 7.11 Å². The minimum atomic E-state index is 0.0686. The number of benzene rings is 1. The summed E-state index contributed by atoms with van der Waals surface area (Å²) in [5.41, 5.74) is 1.17. The molecular weight excluding hydrogens is 286 g/mol. The number of rotatable bonds is 7. The molecule has 3 nitrogen and oxygen atoms in total. The third-order valence-corrected chi connectivity index (χ3v) is 3.86. The van der Waals surface area contributed by atoms with Crippen LogP contribution in [0.3, 0.4) is 0 Å². The van der Waals surface area contributed by atoms with Crippen molar-refractivity contribution >= 4 is 11.6 Å². The van der Waals surface area contributed by atoms with Crippen molar-refractivity contribution in [2.24, 2.45) is 5.92 Å². The van der Waals surface area contributed by atoms with Gasteiger partial charge >= 0.3 is 0 Å². The Bertz CT molecular complexity index is 478. The molecule has 1 fully saturated rings. The lowest BCUT2D eigenvalue weighted by atomic mass is 10.1. The molecule has 1 aliphatic carbocycles. The summed E-state index contributed by atoms with van der Waals surface area (Å²) >= 11 is 6.36. The molecule has 0 bridgehead atoms. The molecule has 0 aliphatic heterocycles. The van der Waals surface area contributed by atoms with Crippen LogP contribution in [0.4, 0.5) is 0 Å². The Morgan fingerprint density at radius 2 is 2.00 bits per heavy atom. The smallest absolute Gasteiger partial charge is 0.179 e. The van der Waals surface area contributed by atoms with Gasteiger partial charge in [-0.05, 0) is 50.8 Å². The minimum absolute atomic E-state index is 0.0686. The molecule has 1 saturated carbocycles. The Kier molecular flexibility index (Phi) is 5.39.